The molecule has 0 aliphatic heterocycles. The van der Waals surface area contributed by atoms with E-state index in [2.05, 4.69) is 10.2 Å². The predicted octanol–water partition coefficient (Wildman–Crippen LogP) is 4.32. The topological polar surface area (TPSA) is 38.9 Å². The summed E-state index contributed by atoms with van der Waals surface area (Å²) in [6.07, 6.45) is 7.37. The summed E-state index contributed by atoms with van der Waals surface area (Å²) in [6, 6.07) is 20.2. The van der Waals surface area contributed by atoms with Gasteiger partial charge in [-0.15, -0.1) is 10.2 Å². The van der Waals surface area contributed by atoms with Crippen LogP contribution in [0.3, 0.4) is 0 Å². The fourth-order valence-corrected chi connectivity index (χ4v) is 1.96. The maximum atomic E-state index is 5.31. The van der Waals surface area contributed by atoms with Crippen molar-refractivity contribution in [2.24, 2.45) is 0 Å². The number of aromatic nitrogens is 2. The molecule has 2 aromatic carbocycles. The van der Waals surface area contributed by atoms with Crippen LogP contribution in [0.15, 0.2) is 77.6 Å². The molecule has 0 aliphatic rings. The predicted molar refractivity (Wildman–Crippen MR) is 84.1 cm³/mol. The summed E-state index contributed by atoms with van der Waals surface area (Å²) in [5.41, 5.74) is 3.09. The van der Waals surface area contributed by atoms with E-state index < -0.39 is 0 Å². The molecule has 0 saturated heterocycles. The molecule has 3 aromatic rings. The molecule has 3 rings (SSSR count). The van der Waals surface area contributed by atoms with Gasteiger partial charge in [0.2, 0.25) is 12.3 Å². The Labute approximate surface area is 123 Å². The van der Waals surface area contributed by atoms with Gasteiger partial charge in [0.1, 0.15) is 0 Å². The third kappa shape index (κ3) is 3.54. The second-order valence-electron chi connectivity index (χ2n) is 4.50. The number of nitrogens with zero attached hydrogens (tertiary/aromatic N) is 2. The zero-order valence-corrected chi connectivity index (χ0v) is 11.4. The van der Waals surface area contributed by atoms with Crippen LogP contribution in [-0.4, -0.2) is 10.2 Å². The van der Waals surface area contributed by atoms with Crippen molar-refractivity contribution in [2.45, 2.75) is 0 Å². The molecule has 0 N–H and O–H groups in total. The molecular formula is C18H14N2O. The molecule has 0 amide bonds. The zero-order chi connectivity index (χ0) is 14.3. The van der Waals surface area contributed by atoms with Crippen molar-refractivity contribution in [3.63, 3.8) is 0 Å². The molecule has 3 heteroatoms. The summed E-state index contributed by atoms with van der Waals surface area (Å²) in [5, 5.41) is 7.74. The fourth-order valence-electron chi connectivity index (χ4n) is 1.96. The Morgan fingerprint density at radius 1 is 0.857 bits per heavy atom. The number of benzene rings is 2. The fraction of sp³-hybridized carbons (Fsp3) is 0. The lowest BCUT2D eigenvalue weighted by Gasteiger charge is -1.98. The van der Waals surface area contributed by atoms with Gasteiger partial charge < -0.3 is 4.42 Å². The van der Waals surface area contributed by atoms with Crippen molar-refractivity contribution in [2.75, 3.05) is 0 Å². The maximum Gasteiger partial charge on any atom is 0.247 e. The Bertz CT molecular complexity index is 729. The lowest BCUT2D eigenvalue weighted by molar-refractivity contribution is 0.540. The van der Waals surface area contributed by atoms with E-state index in [1.165, 1.54) is 6.39 Å². The molecule has 0 spiro atoms. The van der Waals surface area contributed by atoms with Crippen LogP contribution in [0, 0.1) is 0 Å². The second-order valence-corrected chi connectivity index (χ2v) is 4.50. The number of hydrogen-bond acceptors (Lipinski definition) is 3. The van der Waals surface area contributed by atoms with E-state index >= 15 is 0 Å². The minimum absolute atomic E-state index is 0.506. The summed E-state index contributed by atoms with van der Waals surface area (Å²) >= 11 is 0. The van der Waals surface area contributed by atoms with Gasteiger partial charge in [-0.1, -0.05) is 66.7 Å². The molecule has 3 nitrogen and oxygen atoms in total. The van der Waals surface area contributed by atoms with Crippen LogP contribution in [0.5, 0.6) is 0 Å². The minimum atomic E-state index is 0.506. The highest BCUT2D eigenvalue weighted by Crippen LogP contribution is 2.18. The molecule has 0 radical (unpaired) electrons. The normalized spacial score (nSPS) is 11.9. The van der Waals surface area contributed by atoms with Crippen molar-refractivity contribution < 1.29 is 4.42 Å². The average molecular weight is 274 g/mol. The van der Waals surface area contributed by atoms with Crippen LogP contribution in [0.2, 0.25) is 0 Å². The van der Waals surface area contributed by atoms with E-state index in [0.29, 0.717) is 5.89 Å². The van der Waals surface area contributed by atoms with E-state index in [9.17, 15) is 0 Å². The first-order valence-corrected chi connectivity index (χ1v) is 6.68. The lowest BCUT2D eigenvalue weighted by atomic mass is 10.1. The summed E-state index contributed by atoms with van der Waals surface area (Å²) in [7, 11) is 0. The van der Waals surface area contributed by atoms with Crippen molar-refractivity contribution in [1.29, 1.82) is 0 Å². The van der Waals surface area contributed by atoms with Gasteiger partial charge in [-0.05, 0) is 23.3 Å². The Balaban J connectivity index is 1.94. The molecule has 0 saturated carbocycles. The van der Waals surface area contributed by atoms with Crippen LogP contribution in [0.1, 0.15) is 17.0 Å². The number of hydrogen-bond donors (Lipinski definition) is 0. The quantitative estimate of drug-likeness (QED) is 0.665. The summed E-state index contributed by atoms with van der Waals surface area (Å²) in [4.78, 5) is 0. The molecule has 102 valence electrons. The van der Waals surface area contributed by atoms with Crippen molar-refractivity contribution in [1.82, 2.24) is 10.2 Å². The zero-order valence-electron chi connectivity index (χ0n) is 11.4. The highest BCUT2D eigenvalue weighted by molar-refractivity contribution is 5.87. The monoisotopic (exact) mass is 274 g/mol. The molecule has 0 atom stereocenters. The minimum Gasteiger partial charge on any atom is -0.423 e. The van der Waals surface area contributed by atoms with Gasteiger partial charge in [0.05, 0.1) is 0 Å². The van der Waals surface area contributed by atoms with Gasteiger partial charge in [0.15, 0.2) is 0 Å². The Morgan fingerprint density at radius 3 is 2.14 bits per heavy atom. The number of allylic oxidation sites excluding steroid dienone is 2. The average Bonchev–Trinajstić information content (AvgIpc) is 3.08. The van der Waals surface area contributed by atoms with E-state index in [4.69, 9.17) is 4.42 Å². The molecule has 0 fully saturated rings. The van der Waals surface area contributed by atoms with E-state index in [-0.39, 0.29) is 0 Å². The van der Waals surface area contributed by atoms with Gasteiger partial charge in [0, 0.05) is 5.57 Å². The van der Waals surface area contributed by atoms with E-state index in [1.54, 1.807) is 0 Å². The van der Waals surface area contributed by atoms with Crippen LogP contribution < -0.4 is 0 Å². The van der Waals surface area contributed by atoms with Gasteiger partial charge in [-0.2, -0.15) is 0 Å². The van der Waals surface area contributed by atoms with Crippen molar-refractivity contribution in [3.05, 3.63) is 90.2 Å². The summed E-state index contributed by atoms with van der Waals surface area (Å²) < 4.78 is 5.31. The molecule has 1 heterocycles. The molecule has 0 unspecified atom stereocenters. The Morgan fingerprint density at radius 2 is 1.52 bits per heavy atom. The SMILES string of the molecule is C(=Cc1ccccc1)C(=Cc1ccccc1)c1nnco1. The second kappa shape index (κ2) is 6.48. The Kier molecular flexibility index (Phi) is 4.03. The van der Waals surface area contributed by atoms with E-state index in [1.807, 2.05) is 78.9 Å². The van der Waals surface area contributed by atoms with Crippen molar-refractivity contribution >= 4 is 17.7 Å². The highest BCUT2D eigenvalue weighted by atomic mass is 16.4. The van der Waals surface area contributed by atoms with Crippen molar-refractivity contribution in [3.8, 4) is 0 Å². The standard InChI is InChI=1S/C18H14N2O/c1-3-7-15(8-4-1)11-12-17(18-20-19-14-21-18)13-16-9-5-2-6-10-16/h1-14H. The van der Waals surface area contributed by atoms with E-state index in [0.717, 1.165) is 16.7 Å². The molecule has 0 bridgehead atoms. The third-order valence-electron chi connectivity index (χ3n) is 2.98. The highest BCUT2D eigenvalue weighted by Gasteiger charge is 2.04. The molecule has 1 aromatic heterocycles. The van der Waals surface area contributed by atoms with Gasteiger partial charge in [-0.3, -0.25) is 0 Å². The first-order valence-electron chi connectivity index (χ1n) is 6.68. The summed E-state index contributed by atoms with van der Waals surface area (Å²) in [5.74, 6) is 0.506. The largest absolute Gasteiger partial charge is 0.423 e. The van der Waals surface area contributed by atoms with Gasteiger partial charge in [0.25, 0.3) is 0 Å². The molecule has 0 aliphatic carbocycles. The molecular weight excluding hydrogens is 260 g/mol. The third-order valence-corrected chi connectivity index (χ3v) is 2.98. The maximum absolute atomic E-state index is 5.31. The van der Waals surface area contributed by atoms with Crippen LogP contribution in [0.4, 0.5) is 0 Å². The summed E-state index contributed by atoms with van der Waals surface area (Å²) in [6.45, 7) is 0. The van der Waals surface area contributed by atoms with Crippen LogP contribution in [-0.2, 0) is 0 Å². The Hall–Kier alpha value is -2.94. The molecule has 21 heavy (non-hydrogen) atoms. The van der Waals surface area contributed by atoms with Crippen LogP contribution in [0.25, 0.3) is 17.7 Å². The first-order chi connectivity index (χ1) is 10.4. The van der Waals surface area contributed by atoms with Gasteiger partial charge in [-0.25, -0.2) is 0 Å². The van der Waals surface area contributed by atoms with Gasteiger partial charge >= 0.3 is 0 Å². The van der Waals surface area contributed by atoms with Crippen LogP contribution >= 0.6 is 0 Å². The lowest BCUT2D eigenvalue weighted by Crippen LogP contribution is -1.82. The number of rotatable bonds is 4. The first kappa shape index (κ1) is 13.1. The smallest absolute Gasteiger partial charge is 0.247 e.